The number of rotatable bonds is 4. The molecule has 1 rings (SSSR count). The first kappa shape index (κ1) is 18.1. The van der Waals surface area contributed by atoms with Crippen LogP contribution in [0, 0.1) is 6.92 Å². The van der Waals surface area contributed by atoms with Crippen LogP contribution in [0.25, 0.3) is 0 Å². The molecule has 1 aromatic rings. The predicted molar refractivity (Wildman–Crippen MR) is 86.6 cm³/mol. The highest BCUT2D eigenvalue weighted by Gasteiger charge is 2.26. The van der Waals surface area contributed by atoms with Gasteiger partial charge in [-0.15, -0.1) is 0 Å². The number of likely N-dealkylation sites (N-methyl/N-ethyl adjacent to an activating group) is 1. The third kappa shape index (κ3) is 5.09. The monoisotopic (exact) mass is 376 g/mol. The van der Waals surface area contributed by atoms with E-state index < -0.39 is 15.6 Å². The number of aryl methyl sites for hydroxylation is 1. The lowest BCUT2D eigenvalue weighted by molar-refractivity contribution is -0.122. The van der Waals surface area contributed by atoms with Crippen LogP contribution in [0.2, 0.25) is 0 Å². The van der Waals surface area contributed by atoms with Crippen molar-refractivity contribution in [2.24, 2.45) is 0 Å². The first-order chi connectivity index (χ1) is 9.43. The fourth-order valence-corrected chi connectivity index (χ4v) is 3.65. The van der Waals surface area contributed by atoms with Crippen LogP contribution < -0.4 is 5.32 Å². The Bertz CT molecular complexity index is 636. The van der Waals surface area contributed by atoms with Crippen molar-refractivity contribution in [3.05, 3.63) is 28.2 Å². The lowest BCUT2D eigenvalue weighted by atomic mass is 10.1. The molecule has 0 saturated carbocycles. The zero-order chi connectivity index (χ0) is 16.4. The van der Waals surface area contributed by atoms with Gasteiger partial charge in [0.15, 0.2) is 0 Å². The molecule has 0 aromatic heterocycles. The molecule has 118 valence electrons. The third-order valence-electron chi connectivity index (χ3n) is 2.72. The van der Waals surface area contributed by atoms with E-state index in [-0.39, 0.29) is 17.3 Å². The molecule has 0 heterocycles. The van der Waals surface area contributed by atoms with Crippen molar-refractivity contribution in [1.82, 2.24) is 9.62 Å². The minimum Gasteiger partial charge on any atom is -0.350 e. The first-order valence-electron chi connectivity index (χ1n) is 6.47. The van der Waals surface area contributed by atoms with Gasteiger partial charge in [0.05, 0.1) is 11.4 Å². The van der Waals surface area contributed by atoms with Crippen LogP contribution in [-0.2, 0) is 14.8 Å². The van der Waals surface area contributed by atoms with Crippen LogP contribution in [0.15, 0.2) is 27.6 Å². The van der Waals surface area contributed by atoms with E-state index in [9.17, 15) is 13.2 Å². The Labute approximate surface area is 134 Å². The molecule has 0 fully saturated rings. The van der Waals surface area contributed by atoms with Gasteiger partial charge in [0.1, 0.15) is 0 Å². The Balaban J connectivity index is 2.97. The zero-order valence-electron chi connectivity index (χ0n) is 12.9. The van der Waals surface area contributed by atoms with Gasteiger partial charge in [-0.2, -0.15) is 4.31 Å². The quantitative estimate of drug-likeness (QED) is 0.876. The number of halogens is 1. The molecular weight excluding hydrogens is 356 g/mol. The summed E-state index contributed by atoms with van der Waals surface area (Å²) in [4.78, 5) is 12.1. The van der Waals surface area contributed by atoms with Gasteiger partial charge in [0, 0.05) is 17.1 Å². The van der Waals surface area contributed by atoms with Crippen molar-refractivity contribution < 1.29 is 13.2 Å². The van der Waals surface area contributed by atoms with E-state index in [0.29, 0.717) is 10.0 Å². The maximum Gasteiger partial charge on any atom is 0.243 e. The number of sulfonamides is 1. The van der Waals surface area contributed by atoms with Crippen LogP contribution in [0.5, 0.6) is 0 Å². The first-order valence-corrected chi connectivity index (χ1v) is 8.70. The summed E-state index contributed by atoms with van der Waals surface area (Å²) in [6, 6.07) is 5.05. The molecular formula is C14H21BrN2O3S. The molecule has 0 saturated heterocycles. The van der Waals surface area contributed by atoms with Gasteiger partial charge in [-0.3, -0.25) is 4.79 Å². The van der Waals surface area contributed by atoms with Crippen LogP contribution in [-0.4, -0.2) is 37.8 Å². The molecule has 0 atom stereocenters. The second-order valence-electron chi connectivity index (χ2n) is 5.97. The summed E-state index contributed by atoms with van der Waals surface area (Å²) in [7, 11) is -2.30. The summed E-state index contributed by atoms with van der Waals surface area (Å²) in [6.07, 6.45) is 0. The van der Waals surface area contributed by atoms with E-state index in [4.69, 9.17) is 0 Å². The summed E-state index contributed by atoms with van der Waals surface area (Å²) in [5, 5.41) is 2.75. The van der Waals surface area contributed by atoms with Gasteiger partial charge in [-0.25, -0.2) is 8.42 Å². The maximum atomic E-state index is 12.5. The van der Waals surface area contributed by atoms with Crippen molar-refractivity contribution in [1.29, 1.82) is 0 Å². The predicted octanol–water partition coefficient (Wildman–Crippen LogP) is 2.29. The molecule has 1 aromatic carbocycles. The fourth-order valence-electron chi connectivity index (χ4n) is 1.76. The minimum atomic E-state index is -3.70. The number of nitrogens with one attached hydrogen (secondary N) is 1. The highest BCUT2D eigenvalue weighted by atomic mass is 79.9. The van der Waals surface area contributed by atoms with Crippen molar-refractivity contribution >= 4 is 31.9 Å². The Morgan fingerprint density at radius 2 is 1.90 bits per heavy atom. The molecule has 5 nitrogen and oxygen atoms in total. The van der Waals surface area contributed by atoms with Gasteiger partial charge in [0.25, 0.3) is 0 Å². The Kier molecular flexibility index (Phi) is 5.57. The van der Waals surface area contributed by atoms with Gasteiger partial charge < -0.3 is 5.32 Å². The Morgan fingerprint density at radius 3 is 2.43 bits per heavy atom. The third-order valence-corrected chi connectivity index (χ3v) is 5.16. The Hall–Kier alpha value is -0.920. The fraction of sp³-hybridized carbons (Fsp3) is 0.500. The lowest BCUT2D eigenvalue weighted by Gasteiger charge is -2.23. The van der Waals surface area contributed by atoms with Crippen molar-refractivity contribution in [2.45, 2.75) is 38.1 Å². The molecule has 0 spiro atoms. The van der Waals surface area contributed by atoms with E-state index in [1.54, 1.807) is 25.1 Å². The maximum absolute atomic E-state index is 12.5. The summed E-state index contributed by atoms with van der Waals surface area (Å²) < 4.78 is 26.8. The smallest absolute Gasteiger partial charge is 0.243 e. The van der Waals surface area contributed by atoms with Gasteiger partial charge in [-0.1, -0.05) is 22.0 Å². The molecule has 7 heteroatoms. The highest BCUT2D eigenvalue weighted by Crippen LogP contribution is 2.23. The van der Waals surface area contributed by atoms with E-state index in [1.165, 1.54) is 7.05 Å². The SMILES string of the molecule is Cc1ccc(Br)cc1S(=O)(=O)N(C)CC(=O)NC(C)(C)C. The average Bonchev–Trinajstić information content (AvgIpc) is 2.29. The molecule has 1 amide bonds. The van der Waals surface area contributed by atoms with Crippen molar-refractivity contribution in [3.8, 4) is 0 Å². The number of carbonyl (C=O) groups excluding carboxylic acids is 1. The van der Waals surface area contributed by atoms with Gasteiger partial charge in [0.2, 0.25) is 15.9 Å². The number of hydrogen-bond donors (Lipinski definition) is 1. The van der Waals surface area contributed by atoms with Crippen LogP contribution >= 0.6 is 15.9 Å². The minimum absolute atomic E-state index is 0.197. The molecule has 0 unspecified atom stereocenters. The number of benzene rings is 1. The second kappa shape index (κ2) is 6.46. The van der Waals surface area contributed by atoms with Gasteiger partial charge >= 0.3 is 0 Å². The normalized spacial score (nSPS) is 12.5. The summed E-state index contributed by atoms with van der Waals surface area (Å²) in [5.74, 6) is -0.332. The van der Waals surface area contributed by atoms with Crippen LogP contribution in [0.3, 0.4) is 0 Å². The van der Waals surface area contributed by atoms with E-state index in [0.717, 1.165) is 4.31 Å². The Morgan fingerprint density at radius 1 is 1.33 bits per heavy atom. The van der Waals surface area contributed by atoms with Crippen molar-refractivity contribution in [3.63, 3.8) is 0 Å². The van der Waals surface area contributed by atoms with E-state index >= 15 is 0 Å². The second-order valence-corrected chi connectivity index (χ2v) is 8.90. The van der Waals surface area contributed by atoms with Crippen LogP contribution in [0.4, 0.5) is 0 Å². The largest absolute Gasteiger partial charge is 0.350 e. The lowest BCUT2D eigenvalue weighted by Crippen LogP contribution is -2.46. The van der Waals surface area contributed by atoms with Crippen molar-refractivity contribution in [2.75, 3.05) is 13.6 Å². The molecule has 0 aliphatic carbocycles. The topological polar surface area (TPSA) is 66.5 Å². The van der Waals surface area contributed by atoms with E-state index in [1.807, 2.05) is 20.8 Å². The molecule has 0 radical (unpaired) electrons. The summed E-state index contributed by atoms with van der Waals surface area (Å²) >= 11 is 3.27. The number of nitrogens with zero attached hydrogens (tertiary/aromatic N) is 1. The molecule has 0 aliphatic rings. The van der Waals surface area contributed by atoms with Crippen LogP contribution in [0.1, 0.15) is 26.3 Å². The number of carbonyl (C=O) groups is 1. The average molecular weight is 377 g/mol. The summed E-state index contributed by atoms with van der Waals surface area (Å²) in [5.41, 5.74) is 0.245. The molecule has 0 aliphatic heterocycles. The molecule has 1 N–H and O–H groups in total. The molecule has 21 heavy (non-hydrogen) atoms. The number of amides is 1. The summed E-state index contributed by atoms with van der Waals surface area (Å²) in [6.45, 7) is 7.04. The van der Waals surface area contributed by atoms with E-state index in [2.05, 4.69) is 21.2 Å². The number of hydrogen-bond acceptors (Lipinski definition) is 3. The van der Waals surface area contributed by atoms with Gasteiger partial charge in [-0.05, 0) is 45.4 Å². The molecule has 0 bridgehead atoms. The standard InChI is InChI=1S/C14H21BrN2O3S/c1-10-6-7-11(15)8-12(10)21(19,20)17(5)9-13(18)16-14(2,3)4/h6-8H,9H2,1-5H3,(H,16,18). The highest BCUT2D eigenvalue weighted by molar-refractivity contribution is 9.10. The zero-order valence-corrected chi connectivity index (χ0v) is 15.3.